The Labute approximate surface area is 93.1 Å². The molecule has 0 amide bonds. The Kier molecular flexibility index (Phi) is 2.83. The molecule has 4 heteroatoms. The third-order valence-corrected chi connectivity index (χ3v) is 2.11. The van der Waals surface area contributed by atoms with Crippen molar-refractivity contribution in [2.45, 2.75) is 6.92 Å². The SMILES string of the molecule is Cc1ccc(Nc2cncc(Cl)c2)cn1. The Bertz CT molecular complexity index is 454. The van der Waals surface area contributed by atoms with E-state index in [1.165, 1.54) is 0 Å². The van der Waals surface area contributed by atoms with Crippen LogP contribution in [0.5, 0.6) is 0 Å². The van der Waals surface area contributed by atoms with Crippen LogP contribution in [0.1, 0.15) is 5.69 Å². The van der Waals surface area contributed by atoms with Crippen LogP contribution in [0.3, 0.4) is 0 Å². The summed E-state index contributed by atoms with van der Waals surface area (Å²) in [6, 6.07) is 5.72. The van der Waals surface area contributed by atoms with Crippen LogP contribution in [0, 0.1) is 6.92 Å². The molecule has 2 aromatic heterocycles. The Balaban J connectivity index is 2.18. The van der Waals surface area contributed by atoms with Crippen molar-refractivity contribution in [2.24, 2.45) is 0 Å². The maximum absolute atomic E-state index is 5.82. The molecule has 0 bridgehead atoms. The smallest absolute Gasteiger partial charge is 0.0609 e. The molecular formula is C11H10ClN3. The fourth-order valence-electron chi connectivity index (χ4n) is 1.19. The molecule has 0 aliphatic carbocycles. The van der Waals surface area contributed by atoms with Gasteiger partial charge < -0.3 is 5.32 Å². The summed E-state index contributed by atoms with van der Waals surface area (Å²) in [7, 11) is 0. The van der Waals surface area contributed by atoms with E-state index in [2.05, 4.69) is 15.3 Å². The van der Waals surface area contributed by atoms with Crippen LogP contribution in [-0.2, 0) is 0 Å². The molecule has 0 radical (unpaired) electrons. The van der Waals surface area contributed by atoms with Crippen LogP contribution < -0.4 is 5.32 Å². The average molecular weight is 220 g/mol. The van der Waals surface area contributed by atoms with Gasteiger partial charge in [0.05, 0.1) is 28.8 Å². The van der Waals surface area contributed by atoms with Gasteiger partial charge in [0.1, 0.15) is 0 Å². The highest BCUT2D eigenvalue weighted by atomic mass is 35.5. The van der Waals surface area contributed by atoms with Crippen LogP contribution in [-0.4, -0.2) is 9.97 Å². The highest BCUT2D eigenvalue weighted by Gasteiger charge is 1.96. The normalized spacial score (nSPS) is 10.0. The van der Waals surface area contributed by atoms with Crippen molar-refractivity contribution in [1.29, 1.82) is 0 Å². The van der Waals surface area contributed by atoms with Gasteiger partial charge in [-0.2, -0.15) is 0 Å². The van der Waals surface area contributed by atoms with Crippen molar-refractivity contribution in [3.63, 3.8) is 0 Å². The number of halogens is 1. The number of nitrogens with one attached hydrogen (secondary N) is 1. The molecule has 76 valence electrons. The van der Waals surface area contributed by atoms with Crippen LogP contribution in [0.25, 0.3) is 0 Å². The molecule has 2 aromatic rings. The molecule has 0 aromatic carbocycles. The van der Waals surface area contributed by atoms with Gasteiger partial charge in [-0.15, -0.1) is 0 Å². The maximum Gasteiger partial charge on any atom is 0.0609 e. The van der Waals surface area contributed by atoms with Crippen LogP contribution >= 0.6 is 11.6 Å². The summed E-state index contributed by atoms with van der Waals surface area (Å²) in [5.41, 5.74) is 2.77. The van der Waals surface area contributed by atoms with E-state index in [1.54, 1.807) is 18.6 Å². The minimum Gasteiger partial charge on any atom is -0.353 e. The Morgan fingerprint density at radius 3 is 2.67 bits per heavy atom. The quantitative estimate of drug-likeness (QED) is 0.843. The molecule has 0 saturated carbocycles. The van der Waals surface area contributed by atoms with E-state index in [0.29, 0.717) is 5.02 Å². The molecule has 15 heavy (non-hydrogen) atoms. The molecule has 2 rings (SSSR count). The molecule has 0 saturated heterocycles. The lowest BCUT2D eigenvalue weighted by Crippen LogP contribution is -1.92. The summed E-state index contributed by atoms with van der Waals surface area (Å²) < 4.78 is 0. The lowest BCUT2D eigenvalue weighted by molar-refractivity contribution is 1.20. The third-order valence-electron chi connectivity index (χ3n) is 1.90. The molecule has 0 fully saturated rings. The van der Waals surface area contributed by atoms with Gasteiger partial charge in [0, 0.05) is 11.9 Å². The van der Waals surface area contributed by atoms with Gasteiger partial charge >= 0.3 is 0 Å². The number of nitrogens with zero attached hydrogens (tertiary/aromatic N) is 2. The molecule has 2 heterocycles. The highest BCUT2D eigenvalue weighted by Crippen LogP contribution is 2.17. The van der Waals surface area contributed by atoms with E-state index in [9.17, 15) is 0 Å². The van der Waals surface area contributed by atoms with Crippen molar-refractivity contribution in [3.8, 4) is 0 Å². The lowest BCUT2D eigenvalue weighted by atomic mass is 10.3. The number of aromatic nitrogens is 2. The molecule has 0 aliphatic rings. The van der Waals surface area contributed by atoms with Gasteiger partial charge in [0.2, 0.25) is 0 Å². The summed E-state index contributed by atoms with van der Waals surface area (Å²) in [4.78, 5) is 8.16. The topological polar surface area (TPSA) is 37.8 Å². The Hall–Kier alpha value is -1.61. The first-order valence-electron chi connectivity index (χ1n) is 4.54. The summed E-state index contributed by atoms with van der Waals surface area (Å²) in [5, 5.41) is 3.77. The minimum atomic E-state index is 0.611. The second-order valence-electron chi connectivity index (χ2n) is 3.21. The summed E-state index contributed by atoms with van der Waals surface area (Å²) in [6.07, 6.45) is 5.09. The standard InChI is InChI=1S/C11H10ClN3/c1-8-2-3-10(7-14-8)15-11-4-9(12)5-13-6-11/h2-7,15H,1H3. The predicted octanol–water partition coefficient (Wildman–Crippen LogP) is 3.18. The zero-order chi connectivity index (χ0) is 10.7. The lowest BCUT2D eigenvalue weighted by Gasteiger charge is -2.05. The van der Waals surface area contributed by atoms with E-state index in [-0.39, 0.29) is 0 Å². The fourth-order valence-corrected chi connectivity index (χ4v) is 1.36. The molecule has 3 nitrogen and oxygen atoms in total. The van der Waals surface area contributed by atoms with Crippen LogP contribution in [0.2, 0.25) is 5.02 Å². The van der Waals surface area contributed by atoms with Crippen LogP contribution in [0.15, 0.2) is 36.8 Å². The van der Waals surface area contributed by atoms with Gasteiger partial charge in [0.25, 0.3) is 0 Å². The molecule has 0 atom stereocenters. The van der Waals surface area contributed by atoms with E-state index < -0.39 is 0 Å². The monoisotopic (exact) mass is 219 g/mol. The van der Waals surface area contributed by atoms with Crippen LogP contribution in [0.4, 0.5) is 11.4 Å². The average Bonchev–Trinajstić information content (AvgIpc) is 2.22. The number of hydrogen-bond donors (Lipinski definition) is 1. The van der Waals surface area contributed by atoms with Crippen molar-refractivity contribution in [2.75, 3.05) is 5.32 Å². The molecule has 0 spiro atoms. The van der Waals surface area contributed by atoms with Crippen molar-refractivity contribution < 1.29 is 0 Å². The first-order valence-corrected chi connectivity index (χ1v) is 4.92. The minimum absolute atomic E-state index is 0.611. The summed E-state index contributed by atoms with van der Waals surface area (Å²) >= 11 is 5.82. The second kappa shape index (κ2) is 4.28. The van der Waals surface area contributed by atoms with E-state index in [4.69, 9.17) is 11.6 Å². The van der Waals surface area contributed by atoms with Crippen molar-refractivity contribution in [3.05, 3.63) is 47.5 Å². The number of pyridine rings is 2. The first-order chi connectivity index (χ1) is 7.24. The summed E-state index contributed by atoms with van der Waals surface area (Å²) in [6.45, 7) is 1.95. The van der Waals surface area contributed by atoms with Gasteiger partial charge in [-0.25, -0.2) is 0 Å². The first kappa shape index (κ1) is 9.93. The number of hydrogen-bond acceptors (Lipinski definition) is 3. The Morgan fingerprint density at radius 2 is 2.00 bits per heavy atom. The van der Waals surface area contributed by atoms with E-state index >= 15 is 0 Å². The predicted molar refractivity (Wildman–Crippen MR) is 61.5 cm³/mol. The number of anilines is 2. The Morgan fingerprint density at radius 1 is 1.13 bits per heavy atom. The fraction of sp³-hybridized carbons (Fsp3) is 0.0909. The van der Waals surface area contributed by atoms with E-state index in [0.717, 1.165) is 17.1 Å². The number of aryl methyl sites for hydroxylation is 1. The van der Waals surface area contributed by atoms with E-state index in [1.807, 2.05) is 25.1 Å². The highest BCUT2D eigenvalue weighted by molar-refractivity contribution is 6.30. The maximum atomic E-state index is 5.82. The molecular weight excluding hydrogens is 210 g/mol. The van der Waals surface area contributed by atoms with Crippen molar-refractivity contribution >= 4 is 23.0 Å². The number of rotatable bonds is 2. The zero-order valence-electron chi connectivity index (χ0n) is 8.24. The van der Waals surface area contributed by atoms with Gasteiger partial charge in [-0.3, -0.25) is 9.97 Å². The molecule has 0 unspecified atom stereocenters. The van der Waals surface area contributed by atoms with Crippen molar-refractivity contribution in [1.82, 2.24) is 9.97 Å². The molecule has 1 N–H and O–H groups in total. The second-order valence-corrected chi connectivity index (χ2v) is 3.64. The zero-order valence-corrected chi connectivity index (χ0v) is 8.99. The summed E-state index contributed by atoms with van der Waals surface area (Å²) in [5.74, 6) is 0. The molecule has 0 aliphatic heterocycles. The van der Waals surface area contributed by atoms with Gasteiger partial charge in [-0.1, -0.05) is 11.6 Å². The van der Waals surface area contributed by atoms with Gasteiger partial charge in [0.15, 0.2) is 0 Å². The van der Waals surface area contributed by atoms with Gasteiger partial charge in [-0.05, 0) is 25.1 Å². The largest absolute Gasteiger partial charge is 0.353 e. The third kappa shape index (κ3) is 2.67.